The summed E-state index contributed by atoms with van der Waals surface area (Å²) in [5.74, 6) is -0.205. The highest BCUT2D eigenvalue weighted by Crippen LogP contribution is 2.36. The van der Waals surface area contributed by atoms with E-state index in [1.807, 2.05) is 19.9 Å². The second-order valence-electron chi connectivity index (χ2n) is 5.12. The lowest BCUT2D eigenvalue weighted by Crippen LogP contribution is -2.04. The van der Waals surface area contributed by atoms with Crippen LogP contribution in [0, 0.1) is 33.5 Å². The number of aryl methyl sites for hydroxylation is 4. The van der Waals surface area contributed by atoms with Gasteiger partial charge in [0.2, 0.25) is 0 Å². The monoisotopic (exact) mass is 276 g/mol. The van der Waals surface area contributed by atoms with Crippen molar-refractivity contribution >= 4 is 11.6 Å². The summed E-state index contributed by atoms with van der Waals surface area (Å²) >= 11 is 6.68. The van der Waals surface area contributed by atoms with Gasteiger partial charge in [0.15, 0.2) is 0 Å². The molecule has 0 aliphatic heterocycles. The van der Waals surface area contributed by atoms with E-state index in [2.05, 4.69) is 26.0 Å². The molecule has 0 amide bonds. The summed E-state index contributed by atoms with van der Waals surface area (Å²) in [6.45, 7) is 7.95. The summed E-state index contributed by atoms with van der Waals surface area (Å²) < 4.78 is 13.4. The van der Waals surface area contributed by atoms with Crippen LogP contribution in [0.3, 0.4) is 0 Å². The zero-order valence-electron chi connectivity index (χ0n) is 11.7. The molecule has 0 saturated heterocycles. The Balaban J connectivity index is 2.60. The van der Waals surface area contributed by atoms with Gasteiger partial charge in [-0.2, -0.15) is 0 Å². The summed E-state index contributed by atoms with van der Waals surface area (Å²) in [6.07, 6.45) is 0. The molecule has 0 aliphatic carbocycles. The van der Waals surface area contributed by atoms with E-state index in [4.69, 9.17) is 11.6 Å². The highest BCUT2D eigenvalue weighted by molar-refractivity contribution is 6.23. The molecular weight excluding hydrogens is 259 g/mol. The minimum atomic E-state index is -0.234. The van der Waals surface area contributed by atoms with Gasteiger partial charge in [-0.1, -0.05) is 18.2 Å². The first-order chi connectivity index (χ1) is 8.91. The highest BCUT2D eigenvalue weighted by atomic mass is 35.5. The largest absolute Gasteiger partial charge is 0.207 e. The predicted molar refractivity (Wildman–Crippen MR) is 79.5 cm³/mol. The molecule has 2 rings (SSSR count). The fraction of sp³-hybridized carbons (Fsp3) is 0.294. The van der Waals surface area contributed by atoms with Crippen molar-refractivity contribution in [3.8, 4) is 0 Å². The summed E-state index contributed by atoms with van der Waals surface area (Å²) in [4.78, 5) is 0. The number of halogens is 2. The molecular formula is C17H18ClF. The topological polar surface area (TPSA) is 0 Å². The van der Waals surface area contributed by atoms with Gasteiger partial charge in [0.05, 0.1) is 5.38 Å². The van der Waals surface area contributed by atoms with Gasteiger partial charge in [-0.15, -0.1) is 11.6 Å². The van der Waals surface area contributed by atoms with Crippen molar-refractivity contribution in [2.45, 2.75) is 33.1 Å². The zero-order chi connectivity index (χ0) is 14.2. The molecule has 0 saturated carbocycles. The third-order valence-corrected chi connectivity index (χ3v) is 4.04. The first-order valence-electron chi connectivity index (χ1n) is 6.38. The minimum absolute atomic E-state index is 0.205. The Kier molecular flexibility index (Phi) is 3.96. The molecule has 0 aliphatic rings. The van der Waals surface area contributed by atoms with E-state index in [9.17, 15) is 4.39 Å². The third kappa shape index (κ3) is 2.66. The summed E-state index contributed by atoms with van der Waals surface area (Å²) in [5, 5.41) is -0.234. The van der Waals surface area contributed by atoms with Gasteiger partial charge in [-0.25, -0.2) is 4.39 Å². The molecule has 0 heterocycles. The van der Waals surface area contributed by atoms with E-state index in [0.717, 1.165) is 22.3 Å². The average Bonchev–Trinajstić information content (AvgIpc) is 2.26. The maximum atomic E-state index is 13.4. The Morgan fingerprint density at radius 2 is 1.26 bits per heavy atom. The van der Waals surface area contributed by atoms with E-state index in [-0.39, 0.29) is 11.2 Å². The van der Waals surface area contributed by atoms with Gasteiger partial charge >= 0.3 is 0 Å². The van der Waals surface area contributed by atoms with Crippen LogP contribution < -0.4 is 0 Å². The fourth-order valence-electron chi connectivity index (χ4n) is 2.69. The summed E-state index contributed by atoms with van der Waals surface area (Å²) in [7, 11) is 0. The quantitative estimate of drug-likeness (QED) is 0.645. The van der Waals surface area contributed by atoms with E-state index < -0.39 is 0 Å². The SMILES string of the molecule is Cc1cccc(C)c1C(Cl)c1c(C)cc(F)cc1C. The number of hydrogen-bond donors (Lipinski definition) is 0. The maximum Gasteiger partial charge on any atom is 0.123 e. The van der Waals surface area contributed by atoms with Crippen LogP contribution in [0.15, 0.2) is 30.3 Å². The molecule has 0 fully saturated rings. The highest BCUT2D eigenvalue weighted by Gasteiger charge is 2.19. The second-order valence-corrected chi connectivity index (χ2v) is 5.56. The van der Waals surface area contributed by atoms with E-state index >= 15 is 0 Å². The van der Waals surface area contributed by atoms with Crippen LogP contribution in [-0.4, -0.2) is 0 Å². The van der Waals surface area contributed by atoms with Gasteiger partial charge in [0, 0.05) is 0 Å². The van der Waals surface area contributed by atoms with Crippen molar-refractivity contribution in [2.75, 3.05) is 0 Å². The lowest BCUT2D eigenvalue weighted by molar-refractivity contribution is 0.624. The molecule has 0 bridgehead atoms. The molecule has 0 N–H and O–H groups in total. The van der Waals surface area contributed by atoms with Crippen molar-refractivity contribution in [1.82, 2.24) is 0 Å². The summed E-state index contributed by atoms with van der Waals surface area (Å²) in [6, 6.07) is 9.25. The maximum absolute atomic E-state index is 13.4. The fourth-order valence-corrected chi connectivity index (χ4v) is 3.38. The first kappa shape index (κ1) is 14.1. The van der Waals surface area contributed by atoms with Crippen molar-refractivity contribution in [3.63, 3.8) is 0 Å². The Morgan fingerprint density at radius 1 is 0.842 bits per heavy atom. The van der Waals surface area contributed by atoms with Crippen molar-refractivity contribution in [2.24, 2.45) is 0 Å². The van der Waals surface area contributed by atoms with Crippen LogP contribution in [0.4, 0.5) is 4.39 Å². The lowest BCUT2D eigenvalue weighted by atomic mass is 9.91. The molecule has 2 aromatic rings. The van der Waals surface area contributed by atoms with E-state index in [1.54, 1.807) is 12.1 Å². The van der Waals surface area contributed by atoms with Crippen LogP contribution in [-0.2, 0) is 0 Å². The number of alkyl halides is 1. The Morgan fingerprint density at radius 3 is 1.74 bits per heavy atom. The zero-order valence-corrected chi connectivity index (χ0v) is 12.5. The second kappa shape index (κ2) is 5.34. The Labute approximate surface area is 119 Å². The minimum Gasteiger partial charge on any atom is -0.207 e. The van der Waals surface area contributed by atoms with Crippen LogP contribution in [0.25, 0.3) is 0 Å². The Bertz CT molecular complexity index is 573. The average molecular weight is 277 g/mol. The predicted octanol–water partition coefficient (Wildman–Crippen LogP) is 5.39. The first-order valence-corrected chi connectivity index (χ1v) is 6.82. The molecule has 0 nitrogen and oxygen atoms in total. The number of rotatable bonds is 2. The molecule has 2 aromatic carbocycles. The summed E-state index contributed by atoms with van der Waals surface area (Å²) in [5.41, 5.74) is 6.29. The lowest BCUT2D eigenvalue weighted by Gasteiger charge is -2.20. The van der Waals surface area contributed by atoms with Crippen molar-refractivity contribution in [1.29, 1.82) is 0 Å². The number of benzene rings is 2. The molecule has 1 atom stereocenters. The van der Waals surface area contributed by atoms with Crippen LogP contribution in [0.5, 0.6) is 0 Å². The normalized spacial score (nSPS) is 12.5. The van der Waals surface area contributed by atoms with Crippen LogP contribution in [0.2, 0.25) is 0 Å². The smallest absolute Gasteiger partial charge is 0.123 e. The van der Waals surface area contributed by atoms with Crippen LogP contribution in [0.1, 0.15) is 38.8 Å². The number of hydrogen-bond acceptors (Lipinski definition) is 0. The molecule has 19 heavy (non-hydrogen) atoms. The molecule has 0 aromatic heterocycles. The molecule has 0 radical (unpaired) electrons. The molecule has 0 spiro atoms. The van der Waals surface area contributed by atoms with Crippen molar-refractivity contribution in [3.05, 3.63) is 69.5 Å². The van der Waals surface area contributed by atoms with Gasteiger partial charge < -0.3 is 0 Å². The molecule has 2 heteroatoms. The van der Waals surface area contributed by atoms with Gasteiger partial charge in [-0.3, -0.25) is 0 Å². The van der Waals surface area contributed by atoms with Gasteiger partial charge in [0.1, 0.15) is 5.82 Å². The Hall–Kier alpha value is -1.34. The van der Waals surface area contributed by atoms with Crippen LogP contribution >= 0.6 is 11.6 Å². The van der Waals surface area contributed by atoms with Gasteiger partial charge in [-0.05, 0) is 73.2 Å². The molecule has 1 unspecified atom stereocenters. The van der Waals surface area contributed by atoms with E-state index in [1.165, 1.54) is 11.1 Å². The molecule has 100 valence electrons. The van der Waals surface area contributed by atoms with Crippen molar-refractivity contribution < 1.29 is 4.39 Å². The standard InChI is InChI=1S/C17H18ClF/c1-10-6-5-7-11(2)15(10)17(18)16-12(3)8-14(19)9-13(16)4/h5-9,17H,1-4H3. The van der Waals surface area contributed by atoms with Gasteiger partial charge in [0.25, 0.3) is 0 Å². The van der Waals surface area contributed by atoms with E-state index in [0.29, 0.717) is 0 Å². The third-order valence-electron chi connectivity index (χ3n) is 3.61.